The number of benzene rings is 4. The second-order valence-corrected chi connectivity index (χ2v) is 8.24. The first-order valence-corrected chi connectivity index (χ1v) is 11.2. The molecule has 0 atom stereocenters. The van der Waals surface area contributed by atoms with E-state index >= 15 is 0 Å². The third-order valence-corrected chi connectivity index (χ3v) is 6.07. The number of hydrogen-bond acceptors (Lipinski definition) is 1. The van der Waals surface area contributed by atoms with Gasteiger partial charge in [0.25, 0.3) is 5.91 Å². The number of amides is 1. The van der Waals surface area contributed by atoms with Gasteiger partial charge >= 0.3 is 0 Å². The Morgan fingerprint density at radius 2 is 1.42 bits per heavy atom. The lowest BCUT2D eigenvalue weighted by Crippen LogP contribution is -2.36. The van der Waals surface area contributed by atoms with Crippen molar-refractivity contribution in [2.45, 2.75) is 12.8 Å². The molecule has 1 aliphatic heterocycles. The highest BCUT2D eigenvalue weighted by molar-refractivity contribution is 6.30. The molecule has 0 aromatic heterocycles. The Balaban J connectivity index is 1.56. The van der Waals surface area contributed by atoms with Crippen molar-refractivity contribution in [2.24, 2.45) is 0 Å². The Labute approximate surface area is 193 Å². The van der Waals surface area contributed by atoms with Gasteiger partial charge in [0, 0.05) is 17.8 Å². The highest BCUT2D eigenvalue weighted by Crippen LogP contribution is 2.31. The zero-order valence-electron chi connectivity index (χ0n) is 18.2. The lowest BCUT2D eigenvalue weighted by Gasteiger charge is -2.30. The van der Waals surface area contributed by atoms with Crippen LogP contribution in [-0.2, 0) is 11.2 Å². The summed E-state index contributed by atoms with van der Waals surface area (Å²) in [6.07, 6.45) is 3.76. The van der Waals surface area contributed by atoms with E-state index in [1.807, 2.05) is 71.6 Å². The molecule has 0 aliphatic carbocycles. The Morgan fingerprint density at radius 1 is 0.758 bits per heavy atom. The molecule has 1 aliphatic rings. The molecule has 4 aromatic carbocycles. The molecule has 3 heteroatoms. The second kappa shape index (κ2) is 9.25. The molecular weight excluding hydrogens is 409 g/mol. The minimum Gasteiger partial charge on any atom is -0.308 e. The number of carbonyl (C=O) groups is 1. The smallest absolute Gasteiger partial charge is 0.258 e. The summed E-state index contributed by atoms with van der Waals surface area (Å²) in [4.78, 5) is 15.7. The zero-order valence-corrected chi connectivity index (χ0v) is 18.2. The Bertz CT molecular complexity index is 1290. The normalized spacial score (nSPS) is 13.5. The minimum absolute atomic E-state index is 0.0427. The van der Waals surface area contributed by atoms with Gasteiger partial charge in [-0.05, 0) is 64.9 Å². The van der Waals surface area contributed by atoms with Crippen LogP contribution in [0.5, 0.6) is 0 Å². The van der Waals surface area contributed by atoms with Gasteiger partial charge in [-0.2, -0.15) is 0 Å². The third-order valence-electron chi connectivity index (χ3n) is 6.07. The maximum Gasteiger partial charge on any atom is 0.258 e. The summed E-state index contributed by atoms with van der Waals surface area (Å²) in [6, 6.07) is 32.6. The van der Waals surface area contributed by atoms with E-state index in [1.165, 1.54) is 17.7 Å². The summed E-state index contributed by atoms with van der Waals surface area (Å²) >= 11 is 0. The highest BCUT2D eigenvalue weighted by atomic mass is 19.1. The van der Waals surface area contributed by atoms with Gasteiger partial charge in [-0.3, -0.25) is 4.79 Å². The average molecular weight is 434 g/mol. The van der Waals surface area contributed by atoms with Gasteiger partial charge in [0.15, 0.2) is 0 Å². The van der Waals surface area contributed by atoms with Crippen LogP contribution in [-0.4, -0.2) is 12.5 Å². The number of fused-ring (bicyclic) bond motifs is 1. The molecule has 0 saturated heterocycles. The molecule has 0 saturated carbocycles. The molecule has 5 rings (SSSR count). The number of anilines is 1. The minimum atomic E-state index is -0.294. The topological polar surface area (TPSA) is 20.3 Å². The largest absolute Gasteiger partial charge is 0.308 e. The van der Waals surface area contributed by atoms with Crippen LogP contribution in [0.3, 0.4) is 0 Å². The lowest BCUT2D eigenvalue weighted by molar-refractivity contribution is -0.113. The summed E-state index contributed by atoms with van der Waals surface area (Å²) < 4.78 is 13.5. The number of para-hydroxylation sites is 1. The SMILES string of the molecule is O=C(C(=Cc1ccc(F)cc1)c1ccc(-c2ccccc2)cc1)N1CCCc2ccccc21. The Kier molecular flexibility index (Phi) is 5.86. The van der Waals surface area contributed by atoms with Crippen molar-refractivity contribution in [3.63, 3.8) is 0 Å². The maximum atomic E-state index is 13.9. The van der Waals surface area contributed by atoms with E-state index in [0.29, 0.717) is 12.1 Å². The van der Waals surface area contributed by atoms with E-state index in [4.69, 9.17) is 0 Å². The van der Waals surface area contributed by atoms with Crippen molar-refractivity contribution < 1.29 is 9.18 Å². The fourth-order valence-electron chi connectivity index (χ4n) is 4.36. The number of aryl methyl sites for hydroxylation is 1. The summed E-state index contributed by atoms with van der Waals surface area (Å²) in [5.74, 6) is -0.337. The van der Waals surface area contributed by atoms with Gasteiger partial charge in [0.2, 0.25) is 0 Å². The summed E-state index contributed by atoms with van der Waals surface area (Å²) in [5, 5.41) is 0. The van der Waals surface area contributed by atoms with Gasteiger partial charge in [0.1, 0.15) is 5.82 Å². The maximum absolute atomic E-state index is 13.9. The number of halogens is 1. The third kappa shape index (κ3) is 4.49. The van der Waals surface area contributed by atoms with E-state index in [9.17, 15) is 9.18 Å². The summed E-state index contributed by atoms with van der Waals surface area (Å²) in [6.45, 7) is 0.679. The molecule has 0 radical (unpaired) electrons. The molecule has 2 nitrogen and oxygen atoms in total. The fourth-order valence-corrected chi connectivity index (χ4v) is 4.36. The number of nitrogens with zero attached hydrogens (tertiary/aromatic N) is 1. The summed E-state index contributed by atoms with van der Waals surface area (Å²) in [7, 11) is 0. The van der Waals surface area contributed by atoms with E-state index < -0.39 is 0 Å². The first-order valence-electron chi connectivity index (χ1n) is 11.2. The van der Waals surface area contributed by atoms with Gasteiger partial charge in [-0.25, -0.2) is 4.39 Å². The van der Waals surface area contributed by atoms with E-state index in [-0.39, 0.29) is 11.7 Å². The van der Waals surface area contributed by atoms with E-state index in [2.05, 4.69) is 18.2 Å². The predicted octanol–water partition coefficient (Wildman–Crippen LogP) is 7.01. The van der Waals surface area contributed by atoms with Crippen molar-refractivity contribution in [1.82, 2.24) is 0 Å². The fraction of sp³-hybridized carbons (Fsp3) is 0.100. The Morgan fingerprint density at radius 3 is 2.18 bits per heavy atom. The molecule has 0 unspecified atom stereocenters. The monoisotopic (exact) mass is 433 g/mol. The molecule has 0 spiro atoms. The molecule has 1 heterocycles. The lowest BCUT2D eigenvalue weighted by atomic mass is 9.96. The molecule has 4 aromatic rings. The van der Waals surface area contributed by atoms with Crippen molar-refractivity contribution >= 4 is 23.2 Å². The number of carbonyl (C=O) groups excluding carboxylic acids is 1. The quantitative estimate of drug-likeness (QED) is 0.250. The van der Waals surface area contributed by atoms with E-state index in [0.717, 1.165) is 40.8 Å². The second-order valence-electron chi connectivity index (χ2n) is 8.24. The van der Waals surface area contributed by atoms with Crippen LogP contribution in [0.25, 0.3) is 22.8 Å². The molecule has 1 amide bonds. The molecule has 0 bridgehead atoms. The molecule has 0 fully saturated rings. The van der Waals surface area contributed by atoms with Crippen LogP contribution >= 0.6 is 0 Å². The molecule has 0 N–H and O–H groups in total. The molecule has 33 heavy (non-hydrogen) atoms. The van der Waals surface area contributed by atoms with Crippen LogP contribution in [0.15, 0.2) is 103 Å². The van der Waals surface area contributed by atoms with Crippen molar-refractivity contribution in [2.75, 3.05) is 11.4 Å². The van der Waals surface area contributed by atoms with Crippen molar-refractivity contribution in [3.05, 3.63) is 126 Å². The van der Waals surface area contributed by atoms with Gasteiger partial charge in [-0.15, -0.1) is 0 Å². The van der Waals surface area contributed by atoms with E-state index in [1.54, 1.807) is 12.1 Å². The summed E-state index contributed by atoms with van der Waals surface area (Å²) in [5.41, 5.74) is 6.61. The van der Waals surface area contributed by atoms with Gasteiger partial charge in [-0.1, -0.05) is 84.9 Å². The standard InChI is InChI=1S/C30H24FNO/c31-27-18-12-22(13-19-27)21-28(25-16-14-24(15-17-25)23-7-2-1-3-8-23)30(33)32-20-6-10-26-9-4-5-11-29(26)32/h1-5,7-9,11-19,21H,6,10,20H2. The van der Waals surface area contributed by atoms with Crippen molar-refractivity contribution in [3.8, 4) is 11.1 Å². The number of hydrogen-bond donors (Lipinski definition) is 0. The average Bonchev–Trinajstić information content (AvgIpc) is 2.88. The number of rotatable bonds is 4. The highest BCUT2D eigenvalue weighted by Gasteiger charge is 2.25. The van der Waals surface area contributed by atoms with Crippen LogP contribution in [0, 0.1) is 5.82 Å². The first-order chi connectivity index (χ1) is 16.2. The van der Waals surface area contributed by atoms with Crippen LogP contribution in [0.1, 0.15) is 23.1 Å². The zero-order chi connectivity index (χ0) is 22.6. The Hall–Kier alpha value is -3.98. The van der Waals surface area contributed by atoms with Gasteiger partial charge in [0.05, 0.1) is 0 Å². The van der Waals surface area contributed by atoms with Crippen molar-refractivity contribution in [1.29, 1.82) is 0 Å². The van der Waals surface area contributed by atoms with Crippen LogP contribution in [0.2, 0.25) is 0 Å². The molecule has 162 valence electrons. The van der Waals surface area contributed by atoms with Gasteiger partial charge < -0.3 is 4.90 Å². The molecular formula is C30H24FNO. The predicted molar refractivity (Wildman–Crippen MR) is 133 cm³/mol. The first kappa shape index (κ1) is 20.9. The van der Waals surface area contributed by atoms with Crippen LogP contribution < -0.4 is 4.90 Å². The van der Waals surface area contributed by atoms with Crippen LogP contribution in [0.4, 0.5) is 10.1 Å².